The molecule has 0 saturated heterocycles. The van der Waals surface area contributed by atoms with Gasteiger partial charge in [0.15, 0.2) is 11.5 Å². The van der Waals surface area contributed by atoms with Gasteiger partial charge in [0.1, 0.15) is 18.2 Å². The largest absolute Gasteiger partial charge is 0.487 e. The number of ether oxygens (including phenoxy) is 2. The Labute approximate surface area is 106 Å². The van der Waals surface area contributed by atoms with Crippen molar-refractivity contribution < 1.29 is 19.4 Å². The van der Waals surface area contributed by atoms with E-state index in [2.05, 4.69) is 0 Å². The number of carboxylic acids is 1. The third kappa shape index (κ3) is 2.56. The van der Waals surface area contributed by atoms with Gasteiger partial charge >= 0.3 is 5.97 Å². The number of fused-ring (bicyclic) bond motifs is 1. The molecule has 98 valence electrons. The average molecular weight is 251 g/mol. The average Bonchev–Trinajstić information content (AvgIpc) is 2.59. The minimum Gasteiger partial charge on any atom is -0.487 e. The van der Waals surface area contributed by atoms with Crippen LogP contribution in [0.3, 0.4) is 0 Å². The first-order valence-corrected chi connectivity index (χ1v) is 5.81. The molecule has 5 nitrogen and oxygen atoms in total. The van der Waals surface area contributed by atoms with Gasteiger partial charge in [-0.15, -0.1) is 0 Å². The Hall–Kier alpha value is -1.75. The van der Waals surface area contributed by atoms with Crippen LogP contribution in [0.2, 0.25) is 0 Å². The Morgan fingerprint density at radius 2 is 2.33 bits per heavy atom. The van der Waals surface area contributed by atoms with Gasteiger partial charge in [0.05, 0.1) is 0 Å². The van der Waals surface area contributed by atoms with E-state index in [-0.39, 0.29) is 12.2 Å². The zero-order valence-electron chi connectivity index (χ0n) is 10.5. The van der Waals surface area contributed by atoms with Crippen molar-refractivity contribution in [3.05, 3.63) is 23.8 Å². The second kappa shape index (κ2) is 4.49. The SMILES string of the molecule is CC1(C)Cc2cccc(OCC(N)C(=O)O)c2O1. The van der Waals surface area contributed by atoms with Crippen molar-refractivity contribution in [2.45, 2.75) is 31.9 Å². The topological polar surface area (TPSA) is 81.8 Å². The van der Waals surface area contributed by atoms with E-state index >= 15 is 0 Å². The summed E-state index contributed by atoms with van der Waals surface area (Å²) in [5.41, 5.74) is 6.21. The van der Waals surface area contributed by atoms with Gasteiger partial charge in [-0.1, -0.05) is 12.1 Å². The third-order valence-electron chi connectivity index (χ3n) is 2.79. The molecule has 1 aromatic rings. The fourth-order valence-electron chi connectivity index (χ4n) is 1.95. The van der Waals surface area contributed by atoms with Gasteiger partial charge in [-0.25, -0.2) is 0 Å². The molecule has 1 unspecified atom stereocenters. The molecule has 1 aliphatic heterocycles. The Bertz CT molecular complexity index is 470. The van der Waals surface area contributed by atoms with Crippen molar-refractivity contribution in [1.82, 2.24) is 0 Å². The molecule has 1 aliphatic rings. The van der Waals surface area contributed by atoms with E-state index in [1.165, 1.54) is 0 Å². The summed E-state index contributed by atoms with van der Waals surface area (Å²) in [6, 6.07) is 4.57. The van der Waals surface area contributed by atoms with E-state index in [0.29, 0.717) is 11.5 Å². The summed E-state index contributed by atoms with van der Waals surface area (Å²) in [5.74, 6) is 0.165. The van der Waals surface area contributed by atoms with Crippen molar-refractivity contribution in [3.63, 3.8) is 0 Å². The summed E-state index contributed by atoms with van der Waals surface area (Å²) in [5, 5.41) is 8.70. The molecule has 18 heavy (non-hydrogen) atoms. The van der Waals surface area contributed by atoms with E-state index in [1.54, 1.807) is 6.07 Å². The number of nitrogens with two attached hydrogens (primary N) is 1. The van der Waals surface area contributed by atoms with Crippen LogP contribution in [0.5, 0.6) is 11.5 Å². The number of aliphatic carboxylic acids is 1. The van der Waals surface area contributed by atoms with Gasteiger partial charge in [-0.05, 0) is 19.9 Å². The zero-order valence-corrected chi connectivity index (χ0v) is 10.5. The Morgan fingerprint density at radius 1 is 1.61 bits per heavy atom. The van der Waals surface area contributed by atoms with Gasteiger partial charge < -0.3 is 20.3 Å². The summed E-state index contributed by atoms with van der Waals surface area (Å²) < 4.78 is 11.2. The standard InChI is InChI=1S/C13H17NO4/c1-13(2)6-8-4-3-5-10(11(8)18-13)17-7-9(14)12(15)16/h3-5,9H,6-7,14H2,1-2H3,(H,15,16). The summed E-state index contributed by atoms with van der Waals surface area (Å²) in [7, 11) is 0. The second-order valence-corrected chi connectivity index (χ2v) is 5.04. The van der Waals surface area contributed by atoms with E-state index in [0.717, 1.165) is 12.0 Å². The van der Waals surface area contributed by atoms with Crippen molar-refractivity contribution in [2.75, 3.05) is 6.61 Å². The predicted molar refractivity (Wildman–Crippen MR) is 66.0 cm³/mol. The maximum Gasteiger partial charge on any atom is 0.324 e. The summed E-state index contributed by atoms with van der Waals surface area (Å²) in [6.07, 6.45) is 0.810. The third-order valence-corrected chi connectivity index (χ3v) is 2.79. The lowest BCUT2D eigenvalue weighted by atomic mass is 10.0. The van der Waals surface area contributed by atoms with Gasteiger partial charge in [0.2, 0.25) is 0 Å². The number of hydrogen-bond donors (Lipinski definition) is 2. The molecule has 0 spiro atoms. The first-order chi connectivity index (χ1) is 8.39. The fraction of sp³-hybridized carbons (Fsp3) is 0.462. The molecule has 1 aromatic carbocycles. The van der Waals surface area contributed by atoms with Crippen LogP contribution in [0.1, 0.15) is 19.4 Å². The highest BCUT2D eigenvalue weighted by Gasteiger charge is 2.32. The van der Waals surface area contributed by atoms with Gasteiger partial charge in [0.25, 0.3) is 0 Å². The lowest BCUT2D eigenvalue weighted by Gasteiger charge is -2.18. The number of para-hydroxylation sites is 1. The highest BCUT2D eigenvalue weighted by Crippen LogP contribution is 2.41. The van der Waals surface area contributed by atoms with Gasteiger partial charge in [0, 0.05) is 12.0 Å². The highest BCUT2D eigenvalue weighted by atomic mass is 16.5. The summed E-state index contributed by atoms with van der Waals surface area (Å²) in [4.78, 5) is 10.6. The number of carbonyl (C=O) groups is 1. The molecule has 0 bridgehead atoms. The van der Waals surface area contributed by atoms with Crippen LogP contribution in [0.15, 0.2) is 18.2 Å². The number of benzene rings is 1. The minimum absolute atomic E-state index is 0.0738. The Balaban J connectivity index is 2.12. The summed E-state index contributed by atoms with van der Waals surface area (Å²) >= 11 is 0. The molecule has 0 radical (unpaired) electrons. The molecule has 0 fully saturated rings. The smallest absolute Gasteiger partial charge is 0.324 e. The van der Waals surface area contributed by atoms with Crippen LogP contribution in [0.25, 0.3) is 0 Å². The molecule has 3 N–H and O–H groups in total. The minimum atomic E-state index is -1.08. The molecular weight excluding hydrogens is 234 g/mol. The molecule has 2 rings (SSSR count). The Kier molecular flexibility index (Phi) is 3.17. The highest BCUT2D eigenvalue weighted by molar-refractivity contribution is 5.73. The van der Waals surface area contributed by atoms with Crippen LogP contribution in [-0.4, -0.2) is 29.3 Å². The lowest BCUT2D eigenvalue weighted by Crippen LogP contribution is -2.36. The zero-order chi connectivity index (χ0) is 13.3. The molecule has 1 atom stereocenters. The normalized spacial score (nSPS) is 17.7. The first kappa shape index (κ1) is 12.7. The summed E-state index contributed by atoms with van der Waals surface area (Å²) in [6.45, 7) is 3.93. The molecule has 0 saturated carbocycles. The van der Waals surface area contributed by atoms with E-state index < -0.39 is 12.0 Å². The van der Waals surface area contributed by atoms with E-state index in [9.17, 15) is 4.79 Å². The van der Waals surface area contributed by atoms with Crippen LogP contribution in [-0.2, 0) is 11.2 Å². The van der Waals surface area contributed by atoms with Crippen LogP contribution < -0.4 is 15.2 Å². The maximum absolute atomic E-state index is 10.6. The lowest BCUT2D eigenvalue weighted by molar-refractivity contribution is -0.139. The number of hydrogen-bond acceptors (Lipinski definition) is 4. The van der Waals surface area contributed by atoms with Crippen LogP contribution in [0.4, 0.5) is 0 Å². The molecule has 1 heterocycles. The maximum atomic E-state index is 10.6. The monoisotopic (exact) mass is 251 g/mol. The van der Waals surface area contributed by atoms with Crippen molar-refractivity contribution >= 4 is 5.97 Å². The molecule has 0 amide bonds. The van der Waals surface area contributed by atoms with Gasteiger partial charge in [-0.2, -0.15) is 0 Å². The molecule has 5 heteroatoms. The van der Waals surface area contributed by atoms with Crippen LogP contribution in [0, 0.1) is 0 Å². The number of rotatable bonds is 4. The van der Waals surface area contributed by atoms with Gasteiger partial charge in [-0.3, -0.25) is 4.79 Å². The molecule has 0 aliphatic carbocycles. The van der Waals surface area contributed by atoms with E-state index in [1.807, 2.05) is 26.0 Å². The van der Waals surface area contributed by atoms with Crippen molar-refractivity contribution in [2.24, 2.45) is 5.73 Å². The predicted octanol–water partition coefficient (Wildman–Crippen LogP) is 1.19. The quantitative estimate of drug-likeness (QED) is 0.840. The fourth-order valence-corrected chi connectivity index (χ4v) is 1.95. The first-order valence-electron chi connectivity index (χ1n) is 5.81. The Morgan fingerprint density at radius 3 is 3.00 bits per heavy atom. The molecule has 0 aromatic heterocycles. The van der Waals surface area contributed by atoms with Crippen molar-refractivity contribution in [1.29, 1.82) is 0 Å². The molecular formula is C13H17NO4. The second-order valence-electron chi connectivity index (χ2n) is 5.04. The number of carboxylic acid groups (broad SMARTS) is 1. The van der Waals surface area contributed by atoms with Crippen LogP contribution >= 0.6 is 0 Å². The van der Waals surface area contributed by atoms with E-state index in [4.69, 9.17) is 20.3 Å². The van der Waals surface area contributed by atoms with Crippen molar-refractivity contribution in [3.8, 4) is 11.5 Å².